The number of halogens is 2. The van der Waals surface area contributed by atoms with Gasteiger partial charge < -0.3 is 0 Å². The van der Waals surface area contributed by atoms with E-state index >= 15 is 0 Å². The van der Waals surface area contributed by atoms with Gasteiger partial charge in [-0.25, -0.2) is 22.2 Å². The average Bonchev–Trinajstić information content (AvgIpc) is 2.90. The van der Waals surface area contributed by atoms with Crippen LogP contribution < -0.4 is 5.43 Å². The summed E-state index contributed by atoms with van der Waals surface area (Å²) < 4.78 is 53.8. The Labute approximate surface area is 164 Å². The second kappa shape index (κ2) is 9.28. The fourth-order valence-corrected chi connectivity index (χ4v) is 5.50. The van der Waals surface area contributed by atoms with Crippen molar-refractivity contribution < 1.29 is 22.0 Å². The van der Waals surface area contributed by atoms with Crippen LogP contribution in [0.1, 0.15) is 44.9 Å². The zero-order valence-electron chi connectivity index (χ0n) is 15.9. The largest absolute Gasteiger partial charge is 0.289 e. The Morgan fingerprint density at radius 3 is 2.46 bits per heavy atom. The van der Waals surface area contributed by atoms with Crippen LogP contribution in [0.25, 0.3) is 0 Å². The van der Waals surface area contributed by atoms with Crippen molar-refractivity contribution in [1.82, 2.24) is 14.7 Å². The van der Waals surface area contributed by atoms with Gasteiger partial charge in [0.1, 0.15) is 16.5 Å². The van der Waals surface area contributed by atoms with E-state index in [9.17, 15) is 22.0 Å². The highest BCUT2D eigenvalue weighted by Gasteiger charge is 2.33. The lowest BCUT2D eigenvalue weighted by Gasteiger charge is -2.32. The number of amides is 1. The number of carbonyl (C=O) groups is 1. The predicted octanol–water partition coefficient (Wildman–Crippen LogP) is 2.66. The third-order valence-corrected chi connectivity index (χ3v) is 7.25. The molecule has 0 bridgehead atoms. The van der Waals surface area contributed by atoms with Gasteiger partial charge in [-0.05, 0) is 43.7 Å². The Hall–Kier alpha value is -1.58. The van der Waals surface area contributed by atoms with Crippen LogP contribution in [0.5, 0.6) is 0 Å². The summed E-state index contributed by atoms with van der Waals surface area (Å²) in [5.41, 5.74) is 2.93. The Bertz CT molecular complexity index is 796. The molecule has 2 aliphatic heterocycles. The average molecular weight is 416 g/mol. The molecule has 1 atom stereocenters. The van der Waals surface area contributed by atoms with Crippen molar-refractivity contribution in [2.45, 2.75) is 49.8 Å². The van der Waals surface area contributed by atoms with E-state index < -0.39 is 26.6 Å². The van der Waals surface area contributed by atoms with E-state index in [2.05, 4.69) is 5.43 Å². The Kier molecular flexibility index (Phi) is 7.00. The molecule has 1 unspecified atom stereocenters. The molecule has 6 nitrogen and oxygen atoms in total. The molecule has 3 rings (SSSR count). The first kappa shape index (κ1) is 21.1. The van der Waals surface area contributed by atoms with Crippen LogP contribution in [0.2, 0.25) is 0 Å². The van der Waals surface area contributed by atoms with Crippen LogP contribution in [0, 0.1) is 17.6 Å². The quantitative estimate of drug-likeness (QED) is 0.803. The summed E-state index contributed by atoms with van der Waals surface area (Å²) in [4.78, 5) is 11.9. The molecule has 1 aromatic rings. The SMILES string of the molecule is O=C(CC1CCCN(S(=O)(=O)c2ccc(F)cc2F)C1)NN1CCCCCC1. The highest BCUT2D eigenvalue weighted by Crippen LogP contribution is 2.27. The molecule has 0 aromatic heterocycles. The zero-order chi connectivity index (χ0) is 20.1. The summed E-state index contributed by atoms with van der Waals surface area (Å²) in [6.45, 7) is 2.09. The fourth-order valence-electron chi connectivity index (χ4n) is 3.90. The lowest BCUT2D eigenvalue weighted by molar-refractivity contribution is -0.127. The van der Waals surface area contributed by atoms with Gasteiger partial charge in [0.05, 0.1) is 0 Å². The molecule has 28 heavy (non-hydrogen) atoms. The van der Waals surface area contributed by atoms with E-state index in [1.54, 1.807) is 0 Å². The number of piperidine rings is 1. The molecule has 156 valence electrons. The van der Waals surface area contributed by atoms with Crippen molar-refractivity contribution in [2.24, 2.45) is 5.92 Å². The second-order valence-corrected chi connectivity index (χ2v) is 9.49. The maximum Gasteiger partial charge on any atom is 0.245 e. The van der Waals surface area contributed by atoms with Gasteiger partial charge in [-0.2, -0.15) is 4.31 Å². The smallest absolute Gasteiger partial charge is 0.245 e. The summed E-state index contributed by atoms with van der Waals surface area (Å²) in [6.07, 6.45) is 6.02. The van der Waals surface area contributed by atoms with E-state index in [-0.39, 0.29) is 31.3 Å². The van der Waals surface area contributed by atoms with Crippen LogP contribution >= 0.6 is 0 Å². The van der Waals surface area contributed by atoms with Crippen LogP contribution in [-0.2, 0) is 14.8 Å². The van der Waals surface area contributed by atoms with E-state index in [0.717, 1.165) is 44.5 Å². The van der Waals surface area contributed by atoms with Crippen LogP contribution in [-0.4, -0.2) is 49.8 Å². The third-order valence-electron chi connectivity index (χ3n) is 5.36. The minimum absolute atomic E-state index is 0.112. The maximum atomic E-state index is 14.0. The molecule has 1 aromatic carbocycles. The molecule has 2 heterocycles. The first-order valence-electron chi connectivity index (χ1n) is 9.86. The summed E-state index contributed by atoms with van der Waals surface area (Å²) in [6, 6.07) is 2.46. The van der Waals surface area contributed by atoms with Crippen molar-refractivity contribution in [3.8, 4) is 0 Å². The highest BCUT2D eigenvalue weighted by atomic mass is 32.2. The van der Waals surface area contributed by atoms with Crippen molar-refractivity contribution in [3.63, 3.8) is 0 Å². The minimum Gasteiger partial charge on any atom is -0.289 e. The number of hydrogen-bond acceptors (Lipinski definition) is 4. The number of hydrazine groups is 1. The van der Waals surface area contributed by atoms with Crippen molar-refractivity contribution in [1.29, 1.82) is 0 Å². The lowest BCUT2D eigenvalue weighted by Crippen LogP contribution is -2.45. The Balaban J connectivity index is 1.60. The molecule has 0 spiro atoms. The summed E-state index contributed by atoms with van der Waals surface area (Å²) in [5, 5.41) is 1.95. The van der Waals surface area contributed by atoms with Crippen LogP contribution in [0.15, 0.2) is 23.1 Å². The molecular weight excluding hydrogens is 388 g/mol. The van der Waals surface area contributed by atoms with Crippen molar-refractivity contribution in [3.05, 3.63) is 29.8 Å². The van der Waals surface area contributed by atoms with Gasteiger partial charge in [0.15, 0.2) is 0 Å². The van der Waals surface area contributed by atoms with Crippen molar-refractivity contribution >= 4 is 15.9 Å². The highest BCUT2D eigenvalue weighted by molar-refractivity contribution is 7.89. The molecule has 1 N–H and O–H groups in total. The van der Waals surface area contributed by atoms with E-state index in [4.69, 9.17) is 0 Å². The number of rotatable bonds is 5. The Morgan fingerprint density at radius 1 is 1.07 bits per heavy atom. The number of nitrogens with one attached hydrogen (secondary N) is 1. The fraction of sp³-hybridized carbons (Fsp3) is 0.632. The number of benzene rings is 1. The minimum atomic E-state index is -4.06. The molecule has 0 radical (unpaired) electrons. The molecule has 0 aliphatic carbocycles. The molecule has 2 fully saturated rings. The Morgan fingerprint density at radius 2 is 1.79 bits per heavy atom. The molecule has 2 aliphatic rings. The normalized spacial score (nSPS) is 22.6. The predicted molar refractivity (Wildman–Crippen MR) is 101 cm³/mol. The van der Waals surface area contributed by atoms with Crippen molar-refractivity contribution in [2.75, 3.05) is 26.2 Å². The van der Waals surface area contributed by atoms with Crippen LogP contribution in [0.4, 0.5) is 8.78 Å². The molecule has 1 amide bonds. The molecule has 9 heteroatoms. The molecule has 0 saturated carbocycles. The third kappa shape index (κ3) is 5.27. The maximum absolute atomic E-state index is 14.0. The van der Waals surface area contributed by atoms with Gasteiger partial charge in [0.25, 0.3) is 0 Å². The van der Waals surface area contributed by atoms with E-state index in [0.29, 0.717) is 12.5 Å². The standard InChI is InChI=1S/C19H27F2N3O3S/c20-16-7-8-18(17(21)13-16)28(26,27)24-11-5-6-15(14-24)12-19(25)22-23-9-3-1-2-4-10-23/h7-8,13,15H,1-6,9-12,14H2,(H,22,25). The monoisotopic (exact) mass is 415 g/mol. The van der Waals surface area contributed by atoms with Gasteiger partial charge >= 0.3 is 0 Å². The van der Waals surface area contributed by atoms with Crippen LogP contribution in [0.3, 0.4) is 0 Å². The lowest BCUT2D eigenvalue weighted by atomic mass is 9.96. The molecular formula is C19H27F2N3O3S. The molecule has 2 saturated heterocycles. The topological polar surface area (TPSA) is 69.7 Å². The number of carbonyl (C=O) groups excluding carboxylic acids is 1. The van der Waals surface area contributed by atoms with E-state index in [1.807, 2.05) is 5.01 Å². The summed E-state index contributed by atoms with van der Waals surface area (Å²) in [7, 11) is -4.06. The van der Waals surface area contributed by atoms with Gasteiger partial charge in [0.2, 0.25) is 15.9 Å². The summed E-state index contributed by atoms with van der Waals surface area (Å²) in [5.74, 6) is -2.16. The number of nitrogens with zero attached hydrogens (tertiary/aromatic N) is 2. The van der Waals surface area contributed by atoms with E-state index in [1.165, 1.54) is 17.1 Å². The first-order valence-corrected chi connectivity index (χ1v) is 11.3. The first-order chi connectivity index (χ1) is 13.4. The van der Waals surface area contributed by atoms with Gasteiger partial charge in [-0.1, -0.05) is 12.8 Å². The van der Waals surface area contributed by atoms with Gasteiger partial charge in [-0.3, -0.25) is 10.2 Å². The van der Waals surface area contributed by atoms with Gasteiger partial charge in [-0.15, -0.1) is 0 Å². The zero-order valence-corrected chi connectivity index (χ0v) is 16.7. The second-order valence-electron chi connectivity index (χ2n) is 7.59. The number of sulfonamides is 1. The number of hydrogen-bond donors (Lipinski definition) is 1. The van der Waals surface area contributed by atoms with Gasteiger partial charge in [0, 0.05) is 38.7 Å². The summed E-state index contributed by atoms with van der Waals surface area (Å²) >= 11 is 0.